The number of para-hydroxylation sites is 4. The average Bonchev–Trinajstić information content (AvgIpc) is 3.67. The van der Waals surface area contributed by atoms with Gasteiger partial charge in [0.2, 0.25) is 0 Å². The van der Waals surface area contributed by atoms with E-state index in [0.717, 1.165) is 83.2 Å². The summed E-state index contributed by atoms with van der Waals surface area (Å²) in [6.07, 6.45) is 0. The van der Waals surface area contributed by atoms with Crippen LogP contribution in [-0.2, 0) is 0 Å². The number of hydrogen-bond donors (Lipinski definition) is 0. The summed E-state index contributed by atoms with van der Waals surface area (Å²) < 4.78 is 12.3. The predicted molar refractivity (Wildman–Crippen MR) is 187 cm³/mol. The van der Waals surface area contributed by atoms with Crippen LogP contribution in [0, 0.1) is 0 Å². The van der Waals surface area contributed by atoms with Crippen molar-refractivity contribution in [1.29, 1.82) is 0 Å². The molecular formula is C42H27NO2. The molecule has 0 N–H and O–H groups in total. The zero-order valence-corrected chi connectivity index (χ0v) is 24.4. The summed E-state index contributed by atoms with van der Waals surface area (Å²) in [4.78, 5) is 2.32. The van der Waals surface area contributed by atoms with Gasteiger partial charge < -0.3 is 13.7 Å². The van der Waals surface area contributed by atoms with Crippen molar-refractivity contribution in [3.05, 3.63) is 164 Å². The zero-order chi connectivity index (χ0) is 29.7. The van der Waals surface area contributed by atoms with E-state index in [1.165, 1.54) is 0 Å². The Bertz CT molecular complexity index is 2320. The van der Waals surface area contributed by atoms with Gasteiger partial charge in [-0.05, 0) is 101 Å². The predicted octanol–water partition coefficient (Wildman–Crippen LogP) is 12.3. The lowest BCUT2D eigenvalue weighted by Crippen LogP contribution is -2.10. The van der Waals surface area contributed by atoms with Crippen molar-refractivity contribution >= 4 is 60.9 Å². The molecule has 3 nitrogen and oxygen atoms in total. The van der Waals surface area contributed by atoms with Gasteiger partial charge in [-0.15, -0.1) is 0 Å². The molecule has 0 radical (unpaired) electrons. The molecule has 0 atom stereocenters. The van der Waals surface area contributed by atoms with Gasteiger partial charge in [-0.1, -0.05) is 84.9 Å². The molecule has 0 aliphatic rings. The van der Waals surface area contributed by atoms with E-state index < -0.39 is 0 Å². The number of rotatable bonds is 5. The van der Waals surface area contributed by atoms with E-state index in [1.807, 2.05) is 24.3 Å². The zero-order valence-electron chi connectivity index (χ0n) is 24.4. The summed E-state index contributed by atoms with van der Waals surface area (Å²) in [6.45, 7) is 0. The molecule has 0 aliphatic heterocycles. The highest BCUT2D eigenvalue weighted by Crippen LogP contribution is 2.41. The molecule has 0 aliphatic carbocycles. The Kier molecular flexibility index (Phi) is 5.82. The van der Waals surface area contributed by atoms with Crippen molar-refractivity contribution in [2.75, 3.05) is 4.90 Å². The van der Waals surface area contributed by atoms with Crippen LogP contribution < -0.4 is 4.90 Å². The van der Waals surface area contributed by atoms with Crippen LogP contribution in [0.15, 0.2) is 173 Å². The Morgan fingerprint density at radius 3 is 1.20 bits per heavy atom. The molecule has 2 aromatic heterocycles. The monoisotopic (exact) mass is 577 g/mol. The molecule has 0 saturated carbocycles. The molecule has 45 heavy (non-hydrogen) atoms. The minimum Gasteiger partial charge on any atom is -0.456 e. The molecule has 9 aromatic rings. The highest BCUT2D eigenvalue weighted by Gasteiger charge is 2.17. The molecule has 0 amide bonds. The number of benzene rings is 7. The van der Waals surface area contributed by atoms with E-state index in [0.29, 0.717) is 0 Å². The first kappa shape index (κ1) is 25.4. The minimum absolute atomic E-state index is 0.892. The van der Waals surface area contributed by atoms with Crippen LogP contribution in [0.4, 0.5) is 17.1 Å². The molecule has 0 spiro atoms. The molecule has 9 rings (SSSR count). The summed E-state index contributed by atoms with van der Waals surface area (Å²) in [7, 11) is 0. The number of anilines is 3. The first-order chi connectivity index (χ1) is 22.3. The average molecular weight is 578 g/mol. The quantitative estimate of drug-likeness (QED) is 0.204. The SMILES string of the molecule is c1ccc(N(c2ccccc2)c2cc(-c3ccc4oc5ccccc5c4c3)cc(-c3ccc4oc5ccccc5c4c3)c2)cc1. The highest BCUT2D eigenvalue weighted by molar-refractivity contribution is 6.07. The third-order valence-electron chi connectivity index (χ3n) is 8.62. The van der Waals surface area contributed by atoms with Crippen molar-refractivity contribution in [1.82, 2.24) is 0 Å². The summed E-state index contributed by atoms with van der Waals surface area (Å²) >= 11 is 0. The van der Waals surface area contributed by atoms with Crippen LogP contribution in [-0.4, -0.2) is 0 Å². The van der Waals surface area contributed by atoms with Crippen LogP contribution in [0.1, 0.15) is 0 Å². The van der Waals surface area contributed by atoms with Crippen LogP contribution in [0.25, 0.3) is 66.1 Å². The van der Waals surface area contributed by atoms with E-state index in [9.17, 15) is 0 Å². The normalized spacial score (nSPS) is 11.6. The number of nitrogens with zero attached hydrogens (tertiary/aromatic N) is 1. The van der Waals surface area contributed by atoms with Gasteiger partial charge in [0.1, 0.15) is 22.3 Å². The van der Waals surface area contributed by atoms with E-state index >= 15 is 0 Å². The van der Waals surface area contributed by atoms with Gasteiger partial charge in [-0.3, -0.25) is 0 Å². The van der Waals surface area contributed by atoms with Gasteiger partial charge in [-0.25, -0.2) is 0 Å². The van der Waals surface area contributed by atoms with Gasteiger partial charge in [0.05, 0.1) is 0 Å². The minimum atomic E-state index is 0.892. The van der Waals surface area contributed by atoms with Gasteiger partial charge >= 0.3 is 0 Å². The van der Waals surface area contributed by atoms with Gasteiger partial charge in [0.25, 0.3) is 0 Å². The van der Waals surface area contributed by atoms with Crippen LogP contribution in [0.5, 0.6) is 0 Å². The summed E-state index contributed by atoms with van der Waals surface area (Å²) in [5.74, 6) is 0. The molecule has 212 valence electrons. The van der Waals surface area contributed by atoms with Crippen molar-refractivity contribution < 1.29 is 8.83 Å². The van der Waals surface area contributed by atoms with Crippen LogP contribution in [0.2, 0.25) is 0 Å². The second-order valence-electron chi connectivity index (χ2n) is 11.4. The first-order valence-electron chi connectivity index (χ1n) is 15.2. The fourth-order valence-corrected chi connectivity index (χ4v) is 6.49. The fourth-order valence-electron chi connectivity index (χ4n) is 6.49. The van der Waals surface area contributed by atoms with Gasteiger partial charge in [-0.2, -0.15) is 0 Å². The number of hydrogen-bond acceptors (Lipinski definition) is 3. The molecule has 0 bridgehead atoms. The topological polar surface area (TPSA) is 29.5 Å². The number of fused-ring (bicyclic) bond motifs is 6. The maximum Gasteiger partial charge on any atom is 0.135 e. The summed E-state index contributed by atoms with van der Waals surface area (Å²) in [5.41, 5.74) is 11.4. The maximum absolute atomic E-state index is 6.17. The van der Waals surface area contributed by atoms with Crippen LogP contribution >= 0.6 is 0 Å². The Hall–Kier alpha value is -6.06. The lowest BCUT2D eigenvalue weighted by molar-refractivity contribution is 0.668. The Morgan fingerprint density at radius 1 is 0.289 bits per heavy atom. The summed E-state index contributed by atoms with van der Waals surface area (Å²) in [6, 6.07) is 57.5. The van der Waals surface area contributed by atoms with E-state index in [4.69, 9.17) is 8.83 Å². The molecule has 2 heterocycles. The first-order valence-corrected chi connectivity index (χ1v) is 15.2. The second-order valence-corrected chi connectivity index (χ2v) is 11.4. The van der Waals surface area contributed by atoms with Gasteiger partial charge in [0, 0.05) is 38.6 Å². The lowest BCUT2D eigenvalue weighted by atomic mass is 9.95. The number of furan rings is 2. The van der Waals surface area contributed by atoms with Crippen molar-refractivity contribution in [3.8, 4) is 22.3 Å². The van der Waals surface area contributed by atoms with E-state index in [2.05, 4.69) is 144 Å². The van der Waals surface area contributed by atoms with E-state index in [-0.39, 0.29) is 0 Å². The standard InChI is InChI=1S/C42H27NO2/c1-3-11-32(12-4-1)43(33-13-5-2-6-14-33)34-24-30(28-19-21-41-37(26-28)35-15-7-9-17-39(35)44-41)23-31(25-34)29-20-22-42-38(27-29)36-16-8-10-18-40(36)45-42/h1-27H. The lowest BCUT2D eigenvalue weighted by Gasteiger charge is -2.26. The molecule has 0 fully saturated rings. The third-order valence-corrected chi connectivity index (χ3v) is 8.62. The summed E-state index contributed by atoms with van der Waals surface area (Å²) in [5, 5.41) is 4.48. The van der Waals surface area contributed by atoms with Gasteiger partial charge in [0.15, 0.2) is 0 Å². The second kappa shape index (κ2) is 10.3. The Morgan fingerprint density at radius 2 is 0.711 bits per heavy atom. The van der Waals surface area contributed by atoms with Crippen molar-refractivity contribution in [3.63, 3.8) is 0 Å². The van der Waals surface area contributed by atoms with Crippen molar-refractivity contribution in [2.45, 2.75) is 0 Å². The Labute approximate surface area is 260 Å². The highest BCUT2D eigenvalue weighted by atomic mass is 16.3. The maximum atomic E-state index is 6.17. The third kappa shape index (κ3) is 4.37. The molecular weight excluding hydrogens is 550 g/mol. The molecule has 0 saturated heterocycles. The van der Waals surface area contributed by atoms with Crippen molar-refractivity contribution in [2.24, 2.45) is 0 Å². The van der Waals surface area contributed by atoms with Crippen LogP contribution in [0.3, 0.4) is 0 Å². The molecule has 0 unspecified atom stereocenters. The fraction of sp³-hybridized carbons (Fsp3) is 0. The molecule has 7 aromatic carbocycles. The molecule has 3 heteroatoms. The van der Waals surface area contributed by atoms with E-state index in [1.54, 1.807) is 0 Å². The Balaban J connectivity index is 1.29. The largest absolute Gasteiger partial charge is 0.456 e. The smallest absolute Gasteiger partial charge is 0.135 e.